The van der Waals surface area contributed by atoms with Crippen molar-refractivity contribution in [3.8, 4) is 0 Å². The molecule has 7 nitrogen and oxygen atoms in total. The van der Waals surface area contributed by atoms with Crippen molar-refractivity contribution < 1.29 is 14.5 Å². The third-order valence-corrected chi connectivity index (χ3v) is 3.23. The fourth-order valence-corrected chi connectivity index (χ4v) is 2.02. The predicted octanol–water partition coefficient (Wildman–Crippen LogP) is 2.33. The lowest BCUT2D eigenvalue weighted by Crippen LogP contribution is -2.11. The number of pyridine rings is 1. The molecule has 0 bridgehead atoms. The number of aromatic nitrogens is 1. The number of methoxy groups -OCH3 is 1. The van der Waals surface area contributed by atoms with Crippen LogP contribution in [-0.2, 0) is 4.74 Å². The highest BCUT2D eigenvalue weighted by atomic mass is 32.2. The SMILES string of the molecule is COC(=O)c1ccc([N+](=O)[O-])c(NCCCCSC)n1. The van der Waals surface area contributed by atoms with E-state index in [2.05, 4.69) is 15.0 Å². The number of hydrogen-bond donors (Lipinski definition) is 1. The Kier molecular flexibility index (Phi) is 6.78. The van der Waals surface area contributed by atoms with Crippen molar-refractivity contribution in [3.63, 3.8) is 0 Å². The topological polar surface area (TPSA) is 94.4 Å². The molecule has 0 radical (unpaired) electrons. The van der Waals surface area contributed by atoms with Crippen LogP contribution in [0.1, 0.15) is 23.3 Å². The van der Waals surface area contributed by atoms with Gasteiger partial charge in [0.1, 0.15) is 0 Å². The highest BCUT2D eigenvalue weighted by molar-refractivity contribution is 7.98. The Morgan fingerprint density at radius 2 is 2.25 bits per heavy atom. The van der Waals surface area contributed by atoms with E-state index in [1.165, 1.54) is 19.2 Å². The normalized spacial score (nSPS) is 10.1. The minimum absolute atomic E-state index is 0.0460. The van der Waals surface area contributed by atoms with Gasteiger partial charge in [-0.2, -0.15) is 11.8 Å². The summed E-state index contributed by atoms with van der Waals surface area (Å²) in [5.41, 5.74) is -0.104. The Bertz CT molecular complexity index is 482. The van der Waals surface area contributed by atoms with E-state index < -0.39 is 10.9 Å². The van der Waals surface area contributed by atoms with Crippen molar-refractivity contribution in [2.45, 2.75) is 12.8 Å². The largest absolute Gasteiger partial charge is 0.464 e. The first-order valence-corrected chi connectivity index (χ1v) is 7.46. The van der Waals surface area contributed by atoms with E-state index in [1.54, 1.807) is 11.8 Å². The van der Waals surface area contributed by atoms with Gasteiger partial charge < -0.3 is 10.1 Å². The Morgan fingerprint density at radius 3 is 2.85 bits per heavy atom. The number of unbranched alkanes of at least 4 members (excludes halogenated alkanes) is 1. The Balaban J connectivity index is 2.78. The molecule has 0 aliphatic heterocycles. The molecule has 110 valence electrons. The summed E-state index contributed by atoms with van der Waals surface area (Å²) in [5.74, 6) is 0.520. The van der Waals surface area contributed by atoms with Crippen molar-refractivity contribution in [1.82, 2.24) is 4.98 Å². The number of thioether (sulfide) groups is 1. The number of esters is 1. The maximum absolute atomic E-state index is 11.4. The van der Waals surface area contributed by atoms with Crippen molar-refractivity contribution in [1.29, 1.82) is 0 Å². The van der Waals surface area contributed by atoms with Crippen LogP contribution in [0.5, 0.6) is 0 Å². The van der Waals surface area contributed by atoms with E-state index in [4.69, 9.17) is 0 Å². The van der Waals surface area contributed by atoms with Crippen molar-refractivity contribution >= 4 is 29.2 Å². The molecule has 0 aliphatic rings. The van der Waals surface area contributed by atoms with Gasteiger partial charge in [-0.15, -0.1) is 0 Å². The predicted molar refractivity (Wildman–Crippen MR) is 78.3 cm³/mol. The average Bonchev–Trinajstić information content (AvgIpc) is 2.45. The van der Waals surface area contributed by atoms with Gasteiger partial charge in [0.05, 0.1) is 12.0 Å². The van der Waals surface area contributed by atoms with E-state index in [0.29, 0.717) is 6.54 Å². The van der Waals surface area contributed by atoms with Crippen LogP contribution < -0.4 is 5.32 Å². The minimum atomic E-state index is -0.620. The van der Waals surface area contributed by atoms with Gasteiger partial charge in [0, 0.05) is 12.6 Å². The molecule has 1 rings (SSSR count). The van der Waals surface area contributed by atoms with Gasteiger partial charge in [0.15, 0.2) is 5.69 Å². The zero-order valence-electron chi connectivity index (χ0n) is 11.4. The van der Waals surface area contributed by atoms with E-state index in [0.717, 1.165) is 18.6 Å². The smallest absolute Gasteiger partial charge is 0.356 e. The van der Waals surface area contributed by atoms with Crippen LogP contribution >= 0.6 is 11.8 Å². The van der Waals surface area contributed by atoms with Crippen LogP contribution in [0.2, 0.25) is 0 Å². The molecule has 8 heteroatoms. The van der Waals surface area contributed by atoms with Gasteiger partial charge in [0.2, 0.25) is 5.82 Å². The molecule has 0 saturated heterocycles. The third kappa shape index (κ3) is 4.69. The second-order valence-corrected chi connectivity index (χ2v) is 4.93. The van der Waals surface area contributed by atoms with Crippen LogP contribution in [0.3, 0.4) is 0 Å². The van der Waals surface area contributed by atoms with Gasteiger partial charge in [-0.3, -0.25) is 10.1 Å². The number of anilines is 1. The molecule has 0 fully saturated rings. The molecule has 20 heavy (non-hydrogen) atoms. The van der Waals surface area contributed by atoms with E-state index in [1.807, 2.05) is 6.26 Å². The zero-order valence-corrected chi connectivity index (χ0v) is 12.2. The summed E-state index contributed by atoms with van der Waals surface area (Å²) < 4.78 is 4.55. The molecule has 1 aromatic rings. The second kappa shape index (κ2) is 8.36. The first kappa shape index (κ1) is 16.2. The van der Waals surface area contributed by atoms with Crippen molar-refractivity contribution in [2.24, 2.45) is 0 Å². The van der Waals surface area contributed by atoms with Crippen LogP contribution in [0.4, 0.5) is 11.5 Å². The summed E-state index contributed by atoms with van der Waals surface area (Å²) in [6, 6.07) is 2.53. The molecule has 1 N–H and O–H groups in total. The van der Waals surface area contributed by atoms with Gasteiger partial charge in [-0.05, 0) is 30.9 Å². The van der Waals surface area contributed by atoms with E-state index in [9.17, 15) is 14.9 Å². The Hall–Kier alpha value is -1.83. The molecule has 0 amide bonds. The average molecular weight is 299 g/mol. The number of nitrogens with one attached hydrogen (secondary N) is 1. The fraction of sp³-hybridized carbons (Fsp3) is 0.500. The first-order chi connectivity index (χ1) is 9.60. The summed E-state index contributed by atoms with van der Waals surface area (Å²) in [4.78, 5) is 25.7. The molecule has 1 aromatic heterocycles. The standard InChI is InChI=1S/C12H17N3O4S/c1-19-12(16)9-5-6-10(15(17)18)11(14-9)13-7-3-4-8-20-2/h5-6H,3-4,7-8H2,1-2H3,(H,13,14). The molecule has 0 spiro atoms. The molecular weight excluding hydrogens is 282 g/mol. The van der Waals surface area contributed by atoms with Crippen molar-refractivity contribution in [2.75, 3.05) is 31.0 Å². The number of ether oxygens (including phenoxy) is 1. The summed E-state index contributed by atoms with van der Waals surface area (Å²) in [5, 5.41) is 13.8. The lowest BCUT2D eigenvalue weighted by Gasteiger charge is -2.07. The monoisotopic (exact) mass is 299 g/mol. The summed E-state index contributed by atoms with van der Waals surface area (Å²) in [7, 11) is 1.24. The van der Waals surface area contributed by atoms with Crippen LogP contribution in [0.25, 0.3) is 0 Å². The Labute approximate surface area is 121 Å². The molecule has 0 atom stereocenters. The lowest BCUT2D eigenvalue weighted by atomic mass is 10.3. The molecule has 0 aliphatic carbocycles. The highest BCUT2D eigenvalue weighted by Gasteiger charge is 2.18. The highest BCUT2D eigenvalue weighted by Crippen LogP contribution is 2.22. The number of rotatable bonds is 8. The van der Waals surface area contributed by atoms with Gasteiger partial charge in [-0.25, -0.2) is 9.78 Å². The first-order valence-electron chi connectivity index (χ1n) is 6.06. The third-order valence-electron chi connectivity index (χ3n) is 2.53. The number of nitrogens with zero attached hydrogens (tertiary/aromatic N) is 2. The van der Waals surface area contributed by atoms with E-state index >= 15 is 0 Å². The second-order valence-electron chi connectivity index (χ2n) is 3.94. The molecule has 0 unspecified atom stereocenters. The number of carbonyl (C=O) groups excluding carboxylic acids is 1. The minimum Gasteiger partial charge on any atom is -0.464 e. The lowest BCUT2D eigenvalue weighted by molar-refractivity contribution is -0.384. The Morgan fingerprint density at radius 1 is 1.50 bits per heavy atom. The summed E-state index contributed by atoms with van der Waals surface area (Å²) >= 11 is 1.75. The number of carbonyl (C=O) groups is 1. The summed E-state index contributed by atoms with van der Waals surface area (Å²) in [6.07, 6.45) is 3.92. The molecular formula is C12H17N3O4S. The van der Waals surface area contributed by atoms with Crippen LogP contribution in [-0.4, -0.2) is 41.5 Å². The van der Waals surface area contributed by atoms with E-state index in [-0.39, 0.29) is 17.2 Å². The van der Waals surface area contributed by atoms with Gasteiger partial charge in [-0.1, -0.05) is 0 Å². The van der Waals surface area contributed by atoms with Crippen LogP contribution in [0.15, 0.2) is 12.1 Å². The zero-order chi connectivity index (χ0) is 15.0. The van der Waals surface area contributed by atoms with Crippen LogP contribution in [0, 0.1) is 10.1 Å². The summed E-state index contributed by atoms with van der Waals surface area (Å²) in [6.45, 7) is 0.568. The van der Waals surface area contributed by atoms with Crippen molar-refractivity contribution in [3.05, 3.63) is 27.9 Å². The quantitative estimate of drug-likeness (QED) is 0.340. The molecule has 1 heterocycles. The van der Waals surface area contributed by atoms with Gasteiger partial charge >= 0.3 is 11.7 Å². The van der Waals surface area contributed by atoms with Gasteiger partial charge in [0.25, 0.3) is 0 Å². The molecule has 0 saturated carbocycles. The maximum atomic E-state index is 11.4. The fourth-order valence-electron chi connectivity index (χ4n) is 1.53. The number of hydrogen-bond acceptors (Lipinski definition) is 7. The molecule has 0 aromatic carbocycles. The maximum Gasteiger partial charge on any atom is 0.356 e. The number of nitro groups is 1.